The molecule has 18 heavy (non-hydrogen) atoms. The second-order valence-electron chi connectivity index (χ2n) is 4.01. The third kappa shape index (κ3) is 2.59. The summed E-state index contributed by atoms with van der Waals surface area (Å²) in [5, 5.41) is 0. The minimum atomic E-state index is -0.0625. The number of rotatable bonds is 2. The first kappa shape index (κ1) is 12.8. The zero-order valence-corrected chi connectivity index (χ0v) is 11.8. The maximum absolute atomic E-state index is 12.4. The smallest absolute Gasteiger partial charge is 0.259 e. The van der Waals surface area contributed by atoms with E-state index < -0.39 is 0 Å². The summed E-state index contributed by atoms with van der Waals surface area (Å²) in [4.78, 5) is 18.1. The zero-order valence-electron chi connectivity index (χ0n) is 10.2. The number of benzene rings is 1. The number of hydrogen-bond donors (Lipinski definition) is 0. The van der Waals surface area contributed by atoms with Crippen LogP contribution < -0.4 is 4.90 Å². The molecule has 3 nitrogen and oxygen atoms in total. The summed E-state index contributed by atoms with van der Waals surface area (Å²) in [7, 11) is 1.73. The molecular formula is C14H13BrN2O. The highest BCUT2D eigenvalue weighted by atomic mass is 79.9. The monoisotopic (exact) mass is 304 g/mol. The molecule has 0 saturated heterocycles. The van der Waals surface area contributed by atoms with E-state index in [2.05, 4.69) is 20.9 Å². The molecule has 2 aromatic rings. The van der Waals surface area contributed by atoms with Crippen molar-refractivity contribution in [2.24, 2.45) is 0 Å². The van der Waals surface area contributed by atoms with Gasteiger partial charge in [0.15, 0.2) is 0 Å². The third-order valence-electron chi connectivity index (χ3n) is 2.73. The van der Waals surface area contributed by atoms with E-state index in [1.54, 1.807) is 18.1 Å². The highest BCUT2D eigenvalue weighted by molar-refractivity contribution is 9.10. The summed E-state index contributed by atoms with van der Waals surface area (Å²) in [6.07, 6.45) is 1.67. The van der Waals surface area contributed by atoms with Crippen LogP contribution in [0.25, 0.3) is 0 Å². The van der Waals surface area contributed by atoms with Crippen LogP contribution in [0.5, 0.6) is 0 Å². The highest BCUT2D eigenvalue weighted by Crippen LogP contribution is 2.19. The van der Waals surface area contributed by atoms with Gasteiger partial charge in [0.05, 0.1) is 0 Å². The van der Waals surface area contributed by atoms with Crippen molar-refractivity contribution in [1.29, 1.82) is 0 Å². The Morgan fingerprint density at radius 2 is 2.06 bits per heavy atom. The van der Waals surface area contributed by atoms with E-state index in [0.717, 1.165) is 10.0 Å². The van der Waals surface area contributed by atoms with Crippen molar-refractivity contribution in [2.75, 3.05) is 11.9 Å². The van der Waals surface area contributed by atoms with Crippen LogP contribution in [0.2, 0.25) is 0 Å². The molecule has 4 heteroatoms. The van der Waals surface area contributed by atoms with Crippen LogP contribution in [0.15, 0.2) is 47.1 Å². The van der Waals surface area contributed by atoms with Crippen molar-refractivity contribution in [3.8, 4) is 0 Å². The molecule has 1 aromatic carbocycles. The molecule has 0 unspecified atom stereocenters. The van der Waals surface area contributed by atoms with E-state index in [1.807, 2.05) is 43.3 Å². The molecule has 0 N–H and O–H groups in total. The fraction of sp³-hybridized carbons (Fsp3) is 0.143. The molecule has 92 valence electrons. The Bertz CT molecular complexity index is 569. The van der Waals surface area contributed by atoms with Gasteiger partial charge in [-0.15, -0.1) is 0 Å². The van der Waals surface area contributed by atoms with Gasteiger partial charge in [0.2, 0.25) is 0 Å². The first-order valence-corrected chi connectivity index (χ1v) is 6.34. The van der Waals surface area contributed by atoms with E-state index in [9.17, 15) is 4.79 Å². The summed E-state index contributed by atoms with van der Waals surface area (Å²) < 4.78 is 0.894. The third-order valence-corrected chi connectivity index (χ3v) is 3.22. The van der Waals surface area contributed by atoms with E-state index in [4.69, 9.17) is 0 Å². The van der Waals surface area contributed by atoms with Crippen LogP contribution in [-0.4, -0.2) is 17.9 Å². The number of anilines is 1. The average Bonchev–Trinajstić information content (AvgIpc) is 2.41. The molecule has 1 aromatic heterocycles. The topological polar surface area (TPSA) is 33.2 Å². The molecule has 0 fully saturated rings. The fourth-order valence-electron chi connectivity index (χ4n) is 1.66. The number of aromatic nitrogens is 1. The number of aryl methyl sites for hydroxylation is 1. The van der Waals surface area contributed by atoms with Crippen molar-refractivity contribution in [1.82, 2.24) is 4.98 Å². The lowest BCUT2D eigenvalue weighted by atomic mass is 10.1. The van der Waals surface area contributed by atoms with Crippen LogP contribution >= 0.6 is 15.9 Å². The van der Waals surface area contributed by atoms with Gasteiger partial charge in [0.1, 0.15) is 5.82 Å². The van der Waals surface area contributed by atoms with Crippen molar-refractivity contribution < 1.29 is 4.79 Å². The zero-order chi connectivity index (χ0) is 13.1. The molecule has 0 saturated carbocycles. The number of carbonyl (C=O) groups excluding carboxylic acids is 1. The van der Waals surface area contributed by atoms with Crippen molar-refractivity contribution in [3.63, 3.8) is 0 Å². The molecule has 0 aliphatic heterocycles. The Balaban J connectivity index is 2.34. The highest BCUT2D eigenvalue weighted by Gasteiger charge is 2.16. The van der Waals surface area contributed by atoms with Gasteiger partial charge in [-0.2, -0.15) is 0 Å². The molecule has 0 spiro atoms. The number of amides is 1. The summed E-state index contributed by atoms with van der Waals surface area (Å²) in [5.41, 5.74) is 1.63. The number of nitrogens with zero attached hydrogens (tertiary/aromatic N) is 2. The van der Waals surface area contributed by atoms with Crippen molar-refractivity contribution >= 4 is 27.7 Å². The van der Waals surface area contributed by atoms with E-state index in [1.165, 1.54) is 0 Å². The number of hydrogen-bond acceptors (Lipinski definition) is 2. The maximum atomic E-state index is 12.4. The van der Waals surface area contributed by atoms with Gasteiger partial charge in [0, 0.05) is 23.3 Å². The Morgan fingerprint density at radius 3 is 2.72 bits per heavy atom. The Hall–Kier alpha value is -1.68. The number of halogens is 1. The van der Waals surface area contributed by atoms with Gasteiger partial charge in [-0.1, -0.05) is 28.1 Å². The van der Waals surface area contributed by atoms with E-state index in [0.29, 0.717) is 11.4 Å². The minimum Gasteiger partial charge on any atom is -0.296 e. The largest absolute Gasteiger partial charge is 0.296 e. The Morgan fingerprint density at radius 1 is 1.28 bits per heavy atom. The first-order chi connectivity index (χ1) is 8.59. The molecular weight excluding hydrogens is 292 g/mol. The Labute approximate surface area is 115 Å². The predicted molar refractivity (Wildman–Crippen MR) is 75.8 cm³/mol. The molecule has 0 radical (unpaired) electrons. The van der Waals surface area contributed by atoms with Gasteiger partial charge in [-0.3, -0.25) is 9.69 Å². The fourth-order valence-corrected chi connectivity index (χ4v) is 2.02. The summed E-state index contributed by atoms with van der Waals surface area (Å²) >= 11 is 3.38. The predicted octanol–water partition coefficient (Wildman–Crippen LogP) is 3.43. The van der Waals surface area contributed by atoms with E-state index >= 15 is 0 Å². The molecule has 1 heterocycles. The lowest BCUT2D eigenvalue weighted by Gasteiger charge is -2.17. The van der Waals surface area contributed by atoms with Crippen LogP contribution in [-0.2, 0) is 0 Å². The van der Waals surface area contributed by atoms with Crippen LogP contribution in [0, 0.1) is 6.92 Å². The normalized spacial score (nSPS) is 10.2. The van der Waals surface area contributed by atoms with Gasteiger partial charge < -0.3 is 0 Å². The quantitative estimate of drug-likeness (QED) is 0.851. The molecule has 2 rings (SSSR count). The number of carbonyl (C=O) groups is 1. The van der Waals surface area contributed by atoms with Crippen LogP contribution in [0.4, 0.5) is 5.82 Å². The standard InChI is InChI=1S/C14H13BrN2O/c1-10-6-7-11(15)9-12(10)14(18)17(2)13-5-3-4-8-16-13/h3-9H,1-2H3. The summed E-state index contributed by atoms with van der Waals surface area (Å²) in [6.45, 7) is 1.92. The molecule has 0 bridgehead atoms. The second kappa shape index (κ2) is 5.31. The van der Waals surface area contributed by atoms with Crippen LogP contribution in [0.1, 0.15) is 15.9 Å². The molecule has 0 atom stereocenters. The molecule has 1 amide bonds. The van der Waals surface area contributed by atoms with Crippen molar-refractivity contribution in [3.05, 3.63) is 58.2 Å². The maximum Gasteiger partial charge on any atom is 0.259 e. The molecule has 0 aliphatic rings. The summed E-state index contributed by atoms with van der Waals surface area (Å²) in [5.74, 6) is 0.578. The van der Waals surface area contributed by atoms with Gasteiger partial charge >= 0.3 is 0 Å². The first-order valence-electron chi connectivity index (χ1n) is 5.55. The SMILES string of the molecule is Cc1ccc(Br)cc1C(=O)N(C)c1ccccn1. The van der Waals surface area contributed by atoms with Crippen molar-refractivity contribution in [2.45, 2.75) is 6.92 Å². The van der Waals surface area contributed by atoms with Gasteiger partial charge in [-0.05, 0) is 36.8 Å². The van der Waals surface area contributed by atoms with E-state index in [-0.39, 0.29) is 5.91 Å². The lowest BCUT2D eigenvalue weighted by Crippen LogP contribution is -2.27. The molecule has 0 aliphatic carbocycles. The van der Waals surface area contributed by atoms with Gasteiger partial charge in [-0.25, -0.2) is 4.98 Å². The lowest BCUT2D eigenvalue weighted by molar-refractivity contribution is 0.0991. The Kier molecular flexibility index (Phi) is 3.77. The number of pyridine rings is 1. The summed E-state index contributed by atoms with van der Waals surface area (Å²) in [6, 6.07) is 11.2. The minimum absolute atomic E-state index is 0.0625. The van der Waals surface area contributed by atoms with Gasteiger partial charge in [0.25, 0.3) is 5.91 Å². The second-order valence-corrected chi connectivity index (χ2v) is 4.93. The average molecular weight is 305 g/mol. The van der Waals surface area contributed by atoms with Crippen LogP contribution in [0.3, 0.4) is 0 Å².